The Morgan fingerprint density at radius 1 is 1.33 bits per heavy atom. The molecule has 0 aliphatic carbocycles. The van der Waals surface area contributed by atoms with Crippen LogP contribution in [-0.4, -0.2) is 42.6 Å². The van der Waals surface area contributed by atoms with Gasteiger partial charge in [-0.1, -0.05) is 27.7 Å². The highest BCUT2D eigenvalue weighted by atomic mass is 32.2. The van der Waals surface area contributed by atoms with Crippen molar-refractivity contribution in [3.8, 4) is 0 Å². The third-order valence-electron chi connectivity index (χ3n) is 3.51. The molecule has 0 saturated carbocycles. The summed E-state index contributed by atoms with van der Waals surface area (Å²) in [5.74, 6) is 0.274. The summed E-state index contributed by atoms with van der Waals surface area (Å²) < 4.78 is 27.7. The van der Waals surface area contributed by atoms with E-state index >= 15 is 0 Å². The SMILES string of the molecule is CCC(CC)N(CC(C)C)S(=O)(=O)c1[nH]ncc1CNC. The minimum absolute atomic E-state index is 0.0168. The molecule has 1 aromatic rings. The lowest BCUT2D eigenvalue weighted by Crippen LogP contribution is -2.42. The van der Waals surface area contributed by atoms with Gasteiger partial charge >= 0.3 is 0 Å². The molecule has 0 fully saturated rings. The van der Waals surface area contributed by atoms with Crippen LogP contribution < -0.4 is 5.32 Å². The molecule has 0 aliphatic rings. The fourth-order valence-corrected chi connectivity index (χ4v) is 4.50. The summed E-state index contributed by atoms with van der Waals surface area (Å²) in [6, 6.07) is 0.0168. The van der Waals surface area contributed by atoms with Gasteiger partial charge in [0.2, 0.25) is 0 Å². The van der Waals surface area contributed by atoms with Gasteiger partial charge in [0.1, 0.15) is 0 Å². The second-order valence-electron chi connectivity index (χ2n) is 5.69. The van der Waals surface area contributed by atoms with Crippen molar-refractivity contribution in [2.75, 3.05) is 13.6 Å². The molecule has 6 nitrogen and oxygen atoms in total. The van der Waals surface area contributed by atoms with E-state index in [1.54, 1.807) is 17.5 Å². The smallest absolute Gasteiger partial charge is 0.260 e. The van der Waals surface area contributed by atoms with E-state index in [-0.39, 0.29) is 17.0 Å². The fourth-order valence-electron chi connectivity index (χ4n) is 2.46. The molecular weight excluding hydrogens is 288 g/mol. The molecule has 0 aliphatic heterocycles. The summed E-state index contributed by atoms with van der Waals surface area (Å²) >= 11 is 0. The van der Waals surface area contributed by atoms with Crippen LogP contribution in [0.4, 0.5) is 0 Å². The van der Waals surface area contributed by atoms with E-state index in [1.807, 2.05) is 27.7 Å². The number of aromatic nitrogens is 2. The zero-order valence-corrected chi connectivity index (χ0v) is 14.5. The maximum Gasteiger partial charge on any atom is 0.260 e. The Bertz CT molecular complexity index is 521. The molecule has 1 heterocycles. The van der Waals surface area contributed by atoms with Gasteiger partial charge in [-0.2, -0.15) is 9.40 Å². The summed E-state index contributed by atoms with van der Waals surface area (Å²) in [4.78, 5) is 0. The van der Waals surface area contributed by atoms with Crippen LogP contribution in [0.25, 0.3) is 0 Å². The molecule has 0 saturated heterocycles. The van der Waals surface area contributed by atoms with E-state index in [2.05, 4.69) is 15.5 Å². The first-order valence-corrected chi connectivity index (χ1v) is 9.01. The lowest BCUT2D eigenvalue weighted by molar-refractivity contribution is 0.276. The van der Waals surface area contributed by atoms with Gasteiger partial charge in [0.15, 0.2) is 5.03 Å². The zero-order valence-electron chi connectivity index (χ0n) is 13.7. The number of hydrogen-bond acceptors (Lipinski definition) is 4. The van der Waals surface area contributed by atoms with Crippen molar-refractivity contribution in [2.24, 2.45) is 5.92 Å². The van der Waals surface area contributed by atoms with Crippen LogP contribution in [0.2, 0.25) is 0 Å². The van der Waals surface area contributed by atoms with Crippen molar-refractivity contribution in [1.82, 2.24) is 19.8 Å². The third kappa shape index (κ3) is 4.28. The van der Waals surface area contributed by atoms with Crippen LogP contribution in [-0.2, 0) is 16.6 Å². The first-order valence-electron chi connectivity index (χ1n) is 7.57. The molecule has 0 aromatic carbocycles. The normalized spacial score (nSPS) is 12.8. The Morgan fingerprint density at radius 3 is 2.43 bits per heavy atom. The molecule has 0 atom stereocenters. The lowest BCUT2D eigenvalue weighted by atomic mass is 10.1. The third-order valence-corrected chi connectivity index (χ3v) is 5.44. The Balaban J connectivity index is 3.22. The highest BCUT2D eigenvalue weighted by molar-refractivity contribution is 7.89. The quantitative estimate of drug-likeness (QED) is 0.730. The van der Waals surface area contributed by atoms with E-state index in [9.17, 15) is 8.42 Å². The molecule has 0 bridgehead atoms. The van der Waals surface area contributed by atoms with Crippen molar-refractivity contribution in [3.05, 3.63) is 11.8 Å². The van der Waals surface area contributed by atoms with Crippen LogP contribution in [0.15, 0.2) is 11.2 Å². The van der Waals surface area contributed by atoms with Gasteiger partial charge in [0, 0.05) is 24.7 Å². The van der Waals surface area contributed by atoms with Crippen molar-refractivity contribution < 1.29 is 8.42 Å². The number of nitrogens with one attached hydrogen (secondary N) is 2. The maximum absolute atomic E-state index is 13.0. The second kappa shape index (κ2) is 7.91. The predicted octanol–water partition coefficient (Wildman–Crippen LogP) is 1.96. The van der Waals surface area contributed by atoms with Gasteiger partial charge in [-0.25, -0.2) is 8.42 Å². The highest BCUT2D eigenvalue weighted by Crippen LogP contribution is 2.23. The van der Waals surface area contributed by atoms with Crippen molar-refractivity contribution in [1.29, 1.82) is 0 Å². The molecule has 122 valence electrons. The van der Waals surface area contributed by atoms with Gasteiger partial charge in [0.25, 0.3) is 10.0 Å². The molecule has 1 rings (SSSR count). The molecule has 0 radical (unpaired) electrons. The average molecular weight is 316 g/mol. The van der Waals surface area contributed by atoms with Crippen LogP contribution in [0, 0.1) is 5.92 Å². The second-order valence-corrected chi connectivity index (χ2v) is 7.52. The first-order chi connectivity index (χ1) is 9.88. The molecule has 1 aromatic heterocycles. The van der Waals surface area contributed by atoms with E-state index < -0.39 is 10.0 Å². The monoisotopic (exact) mass is 316 g/mol. The first kappa shape index (κ1) is 18.1. The van der Waals surface area contributed by atoms with Crippen molar-refractivity contribution in [3.63, 3.8) is 0 Å². The van der Waals surface area contributed by atoms with E-state index in [4.69, 9.17) is 0 Å². The average Bonchev–Trinajstić information content (AvgIpc) is 2.88. The van der Waals surface area contributed by atoms with Gasteiger partial charge in [-0.05, 0) is 25.8 Å². The minimum Gasteiger partial charge on any atom is -0.316 e. The highest BCUT2D eigenvalue weighted by Gasteiger charge is 2.33. The van der Waals surface area contributed by atoms with E-state index in [0.717, 1.165) is 12.8 Å². The number of nitrogens with zero attached hydrogens (tertiary/aromatic N) is 2. The van der Waals surface area contributed by atoms with Gasteiger partial charge in [-0.3, -0.25) is 5.10 Å². The fraction of sp³-hybridized carbons (Fsp3) is 0.786. The molecule has 7 heteroatoms. The van der Waals surface area contributed by atoms with Gasteiger partial charge in [-0.15, -0.1) is 0 Å². The lowest BCUT2D eigenvalue weighted by Gasteiger charge is -2.30. The van der Waals surface area contributed by atoms with E-state index in [1.165, 1.54) is 0 Å². The summed E-state index contributed by atoms with van der Waals surface area (Å²) in [6.45, 7) is 9.12. The molecule has 2 N–H and O–H groups in total. The molecule has 0 unspecified atom stereocenters. The topological polar surface area (TPSA) is 78.1 Å². The minimum atomic E-state index is -3.55. The number of rotatable bonds is 9. The van der Waals surface area contributed by atoms with Crippen molar-refractivity contribution in [2.45, 2.75) is 58.1 Å². The number of hydrogen-bond donors (Lipinski definition) is 2. The van der Waals surface area contributed by atoms with Crippen LogP contribution in [0.5, 0.6) is 0 Å². The van der Waals surface area contributed by atoms with Crippen LogP contribution in [0.1, 0.15) is 46.1 Å². The zero-order chi connectivity index (χ0) is 16.0. The Labute approximate surface area is 128 Å². The van der Waals surface area contributed by atoms with Gasteiger partial charge in [0.05, 0.1) is 6.20 Å². The van der Waals surface area contributed by atoms with Crippen LogP contribution in [0.3, 0.4) is 0 Å². The molecule has 0 spiro atoms. The van der Waals surface area contributed by atoms with Gasteiger partial charge < -0.3 is 5.32 Å². The standard InChI is InChI=1S/C14H28N4O2S/c1-6-13(7-2)18(10-11(3)4)21(19,20)14-12(8-15-5)9-16-17-14/h9,11,13,15H,6-8,10H2,1-5H3,(H,16,17). The largest absolute Gasteiger partial charge is 0.316 e. The predicted molar refractivity (Wildman–Crippen MR) is 84.5 cm³/mol. The number of sulfonamides is 1. The molecule has 0 amide bonds. The number of aromatic amines is 1. The summed E-state index contributed by atoms with van der Waals surface area (Å²) in [5, 5.41) is 9.77. The molecular formula is C14H28N4O2S. The van der Waals surface area contributed by atoms with E-state index in [0.29, 0.717) is 18.7 Å². The maximum atomic E-state index is 13.0. The Hall–Kier alpha value is -0.920. The Morgan fingerprint density at radius 2 is 1.95 bits per heavy atom. The van der Waals surface area contributed by atoms with Crippen molar-refractivity contribution >= 4 is 10.0 Å². The summed E-state index contributed by atoms with van der Waals surface area (Å²) in [5.41, 5.74) is 0.678. The molecule has 21 heavy (non-hydrogen) atoms. The number of H-pyrrole nitrogens is 1. The summed E-state index contributed by atoms with van der Waals surface area (Å²) in [7, 11) is -1.77. The summed E-state index contributed by atoms with van der Waals surface area (Å²) in [6.07, 6.45) is 3.18. The van der Waals surface area contributed by atoms with Crippen LogP contribution >= 0.6 is 0 Å². The Kier molecular flexibility index (Phi) is 6.83.